The van der Waals surface area contributed by atoms with E-state index in [4.69, 9.17) is 0 Å². The molecule has 0 radical (unpaired) electrons. The molecule has 0 aromatic carbocycles. The number of likely N-dealkylation sites (tertiary alicyclic amines) is 1. The van der Waals surface area contributed by atoms with Crippen LogP contribution in [0.2, 0.25) is 0 Å². The summed E-state index contributed by atoms with van der Waals surface area (Å²) in [6, 6.07) is 1.87. The summed E-state index contributed by atoms with van der Waals surface area (Å²) in [4.78, 5) is 20.5. The van der Waals surface area contributed by atoms with E-state index in [1.807, 2.05) is 25.5 Å². The summed E-state index contributed by atoms with van der Waals surface area (Å²) in [6.45, 7) is 10.9. The van der Waals surface area contributed by atoms with Crippen LogP contribution in [0, 0.1) is 0 Å². The van der Waals surface area contributed by atoms with Crippen LogP contribution in [0.5, 0.6) is 0 Å². The molecule has 0 amide bonds. The Morgan fingerprint density at radius 3 is 1.94 bits per heavy atom. The van der Waals surface area contributed by atoms with Crippen molar-refractivity contribution in [2.24, 2.45) is 4.99 Å². The minimum Gasteiger partial charge on any atom is -0.356 e. The van der Waals surface area contributed by atoms with Gasteiger partial charge in [0.1, 0.15) is 0 Å². The van der Waals surface area contributed by atoms with E-state index in [1.165, 1.54) is 51.7 Å². The van der Waals surface area contributed by atoms with Gasteiger partial charge in [-0.05, 0) is 57.9 Å². The number of nitrogens with zero attached hydrogens (tertiary/aromatic N) is 6. The van der Waals surface area contributed by atoms with Gasteiger partial charge in [0.2, 0.25) is 5.95 Å². The fourth-order valence-electron chi connectivity index (χ4n) is 4.23. The summed E-state index contributed by atoms with van der Waals surface area (Å²) in [6.07, 6.45) is 11.5. The van der Waals surface area contributed by atoms with Crippen molar-refractivity contribution in [3.63, 3.8) is 0 Å². The Hall–Kier alpha value is -1.20. The highest BCUT2D eigenvalue weighted by Gasteiger charge is 2.18. The monoisotopic (exact) mass is 544 g/mol. The first-order valence-electron chi connectivity index (χ1n) is 11.8. The summed E-state index contributed by atoms with van der Waals surface area (Å²) in [5.74, 6) is 1.78. The topological polar surface area (TPSA) is 71.9 Å². The van der Waals surface area contributed by atoms with Crippen LogP contribution in [0.1, 0.15) is 38.5 Å². The molecule has 3 rings (SSSR count). The molecule has 8 nitrogen and oxygen atoms in total. The number of anilines is 1. The number of hydrogen-bond acceptors (Lipinski definition) is 6. The van der Waals surface area contributed by atoms with Crippen molar-refractivity contribution in [2.75, 3.05) is 77.4 Å². The maximum Gasteiger partial charge on any atom is 0.225 e. The zero-order valence-corrected chi connectivity index (χ0v) is 21.5. The highest BCUT2D eigenvalue weighted by atomic mass is 127. The Morgan fingerprint density at radius 2 is 1.39 bits per heavy atom. The first kappa shape index (κ1) is 26.1. The van der Waals surface area contributed by atoms with Crippen LogP contribution in [0.3, 0.4) is 0 Å². The molecule has 1 aromatic rings. The molecule has 2 N–H and O–H groups in total. The van der Waals surface area contributed by atoms with E-state index in [9.17, 15) is 0 Å². The largest absolute Gasteiger partial charge is 0.356 e. The summed E-state index contributed by atoms with van der Waals surface area (Å²) in [5.41, 5.74) is 0. The first-order valence-corrected chi connectivity index (χ1v) is 11.8. The first-order chi connectivity index (χ1) is 14.8. The van der Waals surface area contributed by atoms with E-state index >= 15 is 0 Å². The lowest BCUT2D eigenvalue weighted by molar-refractivity contribution is 0.254. The lowest BCUT2D eigenvalue weighted by Gasteiger charge is -2.34. The smallest absolute Gasteiger partial charge is 0.225 e. The molecule has 0 unspecified atom stereocenters. The lowest BCUT2D eigenvalue weighted by Crippen LogP contribution is -2.47. The fourth-order valence-corrected chi connectivity index (χ4v) is 4.23. The molecule has 31 heavy (non-hydrogen) atoms. The molecule has 2 saturated heterocycles. The molecule has 2 aliphatic heterocycles. The van der Waals surface area contributed by atoms with Crippen LogP contribution < -0.4 is 15.5 Å². The van der Waals surface area contributed by atoms with Crippen LogP contribution in [0.4, 0.5) is 5.95 Å². The third kappa shape index (κ3) is 9.86. The number of rotatable bonds is 9. The Bertz CT molecular complexity index is 599. The zero-order valence-electron chi connectivity index (χ0n) is 19.1. The molecule has 0 atom stereocenters. The predicted octanol–water partition coefficient (Wildman–Crippen LogP) is 2.04. The van der Waals surface area contributed by atoms with Gasteiger partial charge in [0, 0.05) is 58.7 Å². The van der Waals surface area contributed by atoms with Crippen LogP contribution in [0.25, 0.3) is 0 Å². The van der Waals surface area contributed by atoms with Gasteiger partial charge < -0.3 is 20.4 Å². The quantitative estimate of drug-likeness (QED) is 0.214. The van der Waals surface area contributed by atoms with E-state index in [2.05, 4.69) is 40.3 Å². The minimum absolute atomic E-state index is 0. The standard InChI is InChI=1S/C22H40N8.HI/c1-23-21(24-11-7-15-28-13-4-2-3-5-14-28)25-12-8-16-29-17-19-30(20-18-29)22-26-9-6-10-27-22;/h6,9-10H,2-5,7-8,11-20H2,1H3,(H2,23,24,25);1H. The zero-order chi connectivity index (χ0) is 20.9. The van der Waals surface area contributed by atoms with Crippen molar-refractivity contribution in [3.8, 4) is 0 Å². The molecular formula is C22H41IN8. The number of aromatic nitrogens is 2. The van der Waals surface area contributed by atoms with E-state index < -0.39 is 0 Å². The average Bonchev–Trinajstić information content (AvgIpc) is 3.08. The predicted molar refractivity (Wildman–Crippen MR) is 140 cm³/mol. The number of nitrogens with one attached hydrogen (secondary N) is 2. The second-order valence-corrected chi connectivity index (χ2v) is 8.27. The normalized spacial score (nSPS) is 18.9. The fraction of sp³-hybridized carbons (Fsp3) is 0.773. The minimum atomic E-state index is 0. The summed E-state index contributed by atoms with van der Waals surface area (Å²) >= 11 is 0. The molecule has 0 bridgehead atoms. The van der Waals surface area contributed by atoms with Crippen molar-refractivity contribution < 1.29 is 0 Å². The van der Waals surface area contributed by atoms with Crippen LogP contribution in [-0.4, -0.2) is 98.2 Å². The van der Waals surface area contributed by atoms with Crippen molar-refractivity contribution in [1.29, 1.82) is 0 Å². The van der Waals surface area contributed by atoms with Crippen LogP contribution in [0.15, 0.2) is 23.5 Å². The third-order valence-electron chi connectivity index (χ3n) is 6.02. The van der Waals surface area contributed by atoms with Gasteiger partial charge in [0.15, 0.2) is 5.96 Å². The lowest BCUT2D eigenvalue weighted by atomic mass is 10.2. The van der Waals surface area contributed by atoms with Gasteiger partial charge in [-0.2, -0.15) is 0 Å². The number of hydrogen-bond donors (Lipinski definition) is 2. The highest BCUT2D eigenvalue weighted by Crippen LogP contribution is 2.10. The number of guanidine groups is 1. The van der Waals surface area contributed by atoms with Gasteiger partial charge in [0.25, 0.3) is 0 Å². The van der Waals surface area contributed by atoms with Crippen LogP contribution >= 0.6 is 24.0 Å². The molecule has 3 heterocycles. The molecule has 1 aromatic heterocycles. The average molecular weight is 545 g/mol. The number of piperazine rings is 1. The number of aliphatic imine (C=N–C) groups is 1. The van der Waals surface area contributed by atoms with E-state index in [0.717, 1.165) is 64.1 Å². The second kappa shape index (κ2) is 15.6. The van der Waals surface area contributed by atoms with Gasteiger partial charge in [-0.1, -0.05) is 12.8 Å². The highest BCUT2D eigenvalue weighted by molar-refractivity contribution is 14.0. The van der Waals surface area contributed by atoms with Crippen molar-refractivity contribution >= 4 is 35.9 Å². The molecule has 2 fully saturated rings. The van der Waals surface area contributed by atoms with Gasteiger partial charge in [-0.15, -0.1) is 24.0 Å². The molecule has 2 aliphatic rings. The number of halogens is 1. The maximum atomic E-state index is 4.36. The second-order valence-electron chi connectivity index (χ2n) is 8.27. The summed E-state index contributed by atoms with van der Waals surface area (Å²) in [7, 11) is 1.86. The summed E-state index contributed by atoms with van der Waals surface area (Å²) < 4.78 is 0. The van der Waals surface area contributed by atoms with E-state index in [1.54, 1.807) is 0 Å². The molecule has 9 heteroatoms. The Labute approximate surface area is 205 Å². The SMILES string of the molecule is CN=C(NCCCN1CCCCCC1)NCCCN1CCN(c2ncccn2)CC1.I. The van der Waals surface area contributed by atoms with E-state index in [-0.39, 0.29) is 24.0 Å². The van der Waals surface area contributed by atoms with Crippen molar-refractivity contribution in [1.82, 2.24) is 30.4 Å². The molecule has 0 aliphatic carbocycles. The van der Waals surface area contributed by atoms with Gasteiger partial charge in [-0.3, -0.25) is 9.89 Å². The Kier molecular flexibility index (Phi) is 13.1. The van der Waals surface area contributed by atoms with Gasteiger partial charge >= 0.3 is 0 Å². The van der Waals surface area contributed by atoms with Crippen LogP contribution in [-0.2, 0) is 0 Å². The molecular weight excluding hydrogens is 503 g/mol. The third-order valence-corrected chi connectivity index (χ3v) is 6.02. The molecule has 176 valence electrons. The summed E-state index contributed by atoms with van der Waals surface area (Å²) in [5, 5.41) is 6.93. The van der Waals surface area contributed by atoms with Crippen molar-refractivity contribution in [3.05, 3.63) is 18.5 Å². The van der Waals surface area contributed by atoms with E-state index in [0.29, 0.717) is 0 Å². The van der Waals surface area contributed by atoms with Gasteiger partial charge in [-0.25, -0.2) is 9.97 Å². The Balaban J connectivity index is 0.00000341. The maximum absolute atomic E-state index is 4.36. The Morgan fingerprint density at radius 1 is 0.839 bits per heavy atom. The molecule has 0 saturated carbocycles. The van der Waals surface area contributed by atoms with Crippen molar-refractivity contribution in [2.45, 2.75) is 38.5 Å². The molecule has 0 spiro atoms. The van der Waals surface area contributed by atoms with Gasteiger partial charge in [0.05, 0.1) is 0 Å².